The summed E-state index contributed by atoms with van der Waals surface area (Å²) in [5, 5.41) is 9.30. The van der Waals surface area contributed by atoms with Crippen LogP contribution in [0, 0.1) is 11.6 Å². The Morgan fingerprint density at radius 2 is 0.687 bits per heavy atom. The molecule has 10 aromatic rings. The second-order valence-corrected chi connectivity index (χ2v) is 36.1. The highest BCUT2D eigenvalue weighted by atomic mass is 35.5. The molecule has 0 bridgehead atoms. The number of aromatic carboxylic acids is 1. The van der Waals surface area contributed by atoms with Crippen molar-refractivity contribution < 1.29 is 37.7 Å². The van der Waals surface area contributed by atoms with Gasteiger partial charge in [0.05, 0.1) is 28.4 Å². The van der Waals surface area contributed by atoms with Gasteiger partial charge in [0, 0.05) is 82.5 Å². The Bertz CT molecular complexity index is 4300. The third kappa shape index (κ3) is 23.4. The molecular formula is C83H99ClF2N2O6S5. The van der Waals surface area contributed by atoms with Gasteiger partial charge in [-0.15, -0.1) is 56.7 Å². The zero-order valence-electron chi connectivity index (χ0n) is 61.8. The highest BCUT2D eigenvalue weighted by Crippen LogP contribution is 2.41. The lowest BCUT2D eigenvalue weighted by molar-refractivity contribution is 0.0690. The predicted octanol–water partition coefficient (Wildman–Crippen LogP) is 25.2. The van der Waals surface area contributed by atoms with E-state index < -0.39 is 11.8 Å². The van der Waals surface area contributed by atoms with Crippen LogP contribution in [0.3, 0.4) is 0 Å². The SMILES string of the molecule is CC(C)(C)c1ccc(-c2ccc(C(=O)O)c(F)c2)s1.CC(C)Oc1ccc(-c2ccc(C(C)(C)C)s2)cc1.CC(C)Oc1ccc(-c2ccc(C(C)(C)C)s2)cc1F.CN(C)C(=O)c1ccc(-c2ccc(C(C)(C)C)s2)cc1.CN(C)C(=O)c1ccc(-c2ccc(C(C)(C)C)s2)cc1Cl. The zero-order valence-corrected chi connectivity index (χ0v) is 66.6. The monoisotopic (exact) mass is 1450 g/mol. The molecule has 1 N–H and O–H groups in total. The molecule has 0 atom stereocenters. The topological polar surface area (TPSA) is 96.4 Å². The fourth-order valence-electron chi connectivity index (χ4n) is 9.41. The first-order valence-electron chi connectivity index (χ1n) is 33.0. The lowest BCUT2D eigenvalue weighted by Gasteiger charge is -2.15. The number of hydrogen-bond acceptors (Lipinski definition) is 10. The fraction of sp³-hybridized carbons (Fsp3) is 0.361. The molecule has 0 saturated heterocycles. The van der Waals surface area contributed by atoms with Crippen molar-refractivity contribution in [2.75, 3.05) is 28.2 Å². The number of carboxylic acid groups (broad SMARTS) is 1. The van der Waals surface area contributed by atoms with E-state index >= 15 is 0 Å². The second-order valence-electron chi connectivity index (χ2n) is 30.2. The molecule has 0 aliphatic carbocycles. The third-order valence-corrected chi connectivity index (χ3v) is 23.1. The zero-order chi connectivity index (χ0) is 73.9. The molecule has 0 aliphatic rings. The molecule has 0 aliphatic heterocycles. The van der Waals surface area contributed by atoms with E-state index in [0.29, 0.717) is 21.9 Å². The summed E-state index contributed by atoms with van der Waals surface area (Å²) in [4.78, 5) is 50.2. The minimum atomic E-state index is -1.24. The Kier molecular flexibility index (Phi) is 27.7. The molecule has 16 heteroatoms. The first kappa shape index (κ1) is 80.7. The van der Waals surface area contributed by atoms with Gasteiger partial charge < -0.3 is 24.4 Å². The van der Waals surface area contributed by atoms with E-state index in [9.17, 15) is 23.2 Å². The van der Waals surface area contributed by atoms with Crippen LogP contribution >= 0.6 is 68.3 Å². The molecule has 0 unspecified atom stereocenters. The van der Waals surface area contributed by atoms with E-state index in [1.807, 2.05) is 117 Å². The van der Waals surface area contributed by atoms with Crippen molar-refractivity contribution in [1.29, 1.82) is 0 Å². The van der Waals surface area contributed by atoms with Crippen LogP contribution in [0.4, 0.5) is 8.78 Å². The number of carboxylic acids is 1. The maximum atomic E-state index is 14.0. The standard InChI is InChI=1S/C17H20ClNOS.C17H21FOS.C17H21NOS.C17H22OS.C15H15FO2S/c1-17(2,3)15-9-8-14(21-15)11-6-7-12(13(18)10-11)16(20)19(4)5;1-11(2)19-14-7-6-12(10-13(14)18)15-8-9-16(20-15)17(3,4)5;1-17(2,3)15-11-10-14(20-15)12-6-8-13(9-7-12)16(19)18(4)5;1-12(2)18-14-8-6-13(7-9-14)15-10-11-16(19-15)17(3,4)5;1-15(2,3)13-7-6-12(19-13)9-4-5-10(14(17)18)11(16)8-9/h6-10H,1-5H3;2*6-11H,1-5H3;6-12H,1-5H3;4-8H,1-3H3,(H,17,18). The minimum absolute atomic E-state index is 0.0235. The number of carbonyl (C=O) groups is 3. The maximum Gasteiger partial charge on any atom is 0.338 e. The van der Waals surface area contributed by atoms with Crippen molar-refractivity contribution in [2.45, 2.75) is 171 Å². The van der Waals surface area contributed by atoms with E-state index in [1.54, 1.807) is 91.4 Å². The van der Waals surface area contributed by atoms with E-state index in [1.165, 1.54) is 67.2 Å². The molecule has 8 nitrogen and oxygen atoms in total. The van der Waals surface area contributed by atoms with Crippen molar-refractivity contribution in [3.8, 4) is 63.7 Å². The quantitative estimate of drug-likeness (QED) is 0.131. The Balaban J connectivity index is 0.000000195. The number of carbonyl (C=O) groups excluding carboxylic acids is 2. The number of amides is 2. The summed E-state index contributed by atoms with van der Waals surface area (Å²) in [5.74, 6) is -1.03. The van der Waals surface area contributed by atoms with Crippen LogP contribution in [0.15, 0.2) is 164 Å². The number of rotatable bonds is 12. The van der Waals surface area contributed by atoms with E-state index in [-0.39, 0.29) is 62.5 Å². The number of nitrogens with zero attached hydrogens (tertiary/aromatic N) is 2. The summed E-state index contributed by atoms with van der Waals surface area (Å²) >= 11 is 15.0. The van der Waals surface area contributed by atoms with Crippen molar-refractivity contribution in [2.24, 2.45) is 0 Å². The molecule has 0 fully saturated rings. The van der Waals surface area contributed by atoms with Crippen molar-refractivity contribution >= 4 is 86.1 Å². The molecular weight excluding hydrogens is 1350 g/mol. The minimum Gasteiger partial charge on any atom is -0.491 e. The number of ether oxygens (including phenoxy) is 2. The normalized spacial score (nSPS) is 11.7. The Labute approximate surface area is 613 Å². The van der Waals surface area contributed by atoms with Gasteiger partial charge in [0.15, 0.2) is 11.6 Å². The Morgan fingerprint density at radius 1 is 0.384 bits per heavy atom. The summed E-state index contributed by atoms with van der Waals surface area (Å²) in [6, 6.07) is 52.5. The highest BCUT2D eigenvalue weighted by molar-refractivity contribution is 7.17. The van der Waals surface area contributed by atoms with Gasteiger partial charge in [-0.3, -0.25) is 9.59 Å². The van der Waals surface area contributed by atoms with Crippen molar-refractivity contribution in [1.82, 2.24) is 9.80 Å². The van der Waals surface area contributed by atoms with Crippen LogP contribution in [-0.4, -0.2) is 73.1 Å². The van der Waals surface area contributed by atoms with Gasteiger partial charge in [0.2, 0.25) is 0 Å². The predicted molar refractivity (Wildman–Crippen MR) is 422 cm³/mol. The van der Waals surface area contributed by atoms with Crippen LogP contribution in [0.5, 0.6) is 11.5 Å². The molecule has 5 heterocycles. The van der Waals surface area contributed by atoms with Crippen LogP contribution in [0.25, 0.3) is 52.2 Å². The smallest absolute Gasteiger partial charge is 0.338 e. The summed E-state index contributed by atoms with van der Waals surface area (Å²) in [6.45, 7) is 40.8. The summed E-state index contributed by atoms with van der Waals surface area (Å²) in [7, 11) is 6.99. The Morgan fingerprint density at radius 3 is 0.980 bits per heavy atom. The molecule has 0 radical (unpaired) electrons. The average molecular weight is 1450 g/mol. The van der Waals surface area contributed by atoms with Gasteiger partial charge in [-0.25, -0.2) is 13.6 Å². The Hall–Kier alpha value is -7.24. The molecule has 5 aromatic carbocycles. The highest BCUT2D eigenvalue weighted by Gasteiger charge is 2.23. The van der Waals surface area contributed by atoms with Crippen LogP contribution < -0.4 is 9.47 Å². The van der Waals surface area contributed by atoms with E-state index in [0.717, 1.165) is 32.2 Å². The van der Waals surface area contributed by atoms with Gasteiger partial charge in [-0.05, 0) is 222 Å². The van der Waals surface area contributed by atoms with Gasteiger partial charge >= 0.3 is 5.97 Å². The lowest BCUT2D eigenvalue weighted by atomic mass is 9.95. The number of thiophene rings is 5. The number of benzene rings is 5. The second kappa shape index (κ2) is 34.0. The van der Waals surface area contributed by atoms with Gasteiger partial charge in [0.1, 0.15) is 11.6 Å². The molecule has 10 rings (SSSR count). The fourth-order valence-corrected chi connectivity index (χ4v) is 15.0. The first-order chi connectivity index (χ1) is 45.9. The van der Waals surface area contributed by atoms with Crippen LogP contribution in [0.1, 0.15) is 187 Å². The largest absolute Gasteiger partial charge is 0.491 e. The summed E-state index contributed by atoms with van der Waals surface area (Å²) in [5.41, 5.74) is 6.81. The molecule has 99 heavy (non-hydrogen) atoms. The molecule has 528 valence electrons. The third-order valence-electron chi connectivity index (χ3n) is 15.0. The van der Waals surface area contributed by atoms with Crippen LogP contribution in [-0.2, 0) is 27.1 Å². The average Bonchev–Trinajstić information content (AvgIpc) is 1.81. The summed E-state index contributed by atoms with van der Waals surface area (Å²) in [6.07, 6.45) is 0.199. The van der Waals surface area contributed by atoms with Crippen molar-refractivity contribution in [3.63, 3.8) is 0 Å². The first-order valence-corrected chi connectivity index (χ1v) is 37.5. The lowest BCUT2D eigenvalue weighted by Crippen LogP contribution is -2.21. The number of halogens is 3. The van der Waals surface area contributed by atoms with Gasteiger partial charge in [-0.2, -0.15) is 0 Å². The van der Waals surface area contributed by atoms with Gasteiger partial charge in [0.25, 0.3) is 11.8 Å². The molecule has 0 spiro atoms. The molecule has 5 aromatic heterocycles. The number of hydrogen-bond donors (Lipinski definition) is 1. The van der Waals surface area contributed by atoms with E-state index in [4.69, 9.17) is 26.2 Å². The molecule has 0 saturated carbocycles. The van der Waals surface area contributed by atoms with Crippen LogP contribution in [0.2, 0.25) is 5.02 Å². The summed E-state index contributed by atoms with van der Waals surface area (Å²) < 4.78 is 38.8. The molecule has 2 amide bonds. The maximum absolute atomic E-state index is 14.0. The van der Waals surface area contributed by atoms with Gasteiger partial charge in [-0.1, -0.05) is 140 Å². The van der Waals surface area contributed by atoms with Crippen molar-refractivity contribution in [3.05, 3.63) is 222 Å². The van der Waals surface area contributed by atoms with E-state index in [2.05, 4.69) is 165 Å².